The molecule has 0 aliphatic rings. The van der Waals surface area contributed by atoms with Gasteiger partial charge < -0.3 is 4.57 Å². The van der Waals surface area contributed by atoms with E-state index in [2.05, 4.69) is 76.3 Å². The van der Waals surface area contributed by atoms with Crippen LogP contribution in [0.15, 0.2) is 72.2 Å². The maximum Gasteiger partial charge on any atom is 0.109 e. The van der Waals surface area contributed by atoms with Gasteiger partial charge in [-0.05, 0) is 30.3 Å². The van der Waals surface area contributed by atoms with E-state index in [0.717, 1.165) is 5.52 Å². The Morgan fingerprint density at radius 3 is 2.60 bits per heavy atom. The Kier molecular flexibility index (Phi) is 2.67. The van der Waals surface area contributed by atoms with Gasteiger partial charge in [0.2, 0.25) is 0 Å². The summed E-state index contributed by atoms with van der Waals surface area (Å²) in [6, 6.07) is 23.9. The first kappa shape index (κ1) is 13.6. The minimum atomic E-state index is 1.07. The van der Waals surface area contributed by atoms with Crippen molar-refractivity contribution in [2.75, 3.05) is 0 Å². The molecule has 3 heterocycles. The minimum absolute atomic E-state index is 1.07. The van der Waals surface area contributed by atoms with Crippen molar-refractivity contribution in [3.8, 4) is 5.69 Å². The van der Waals surface area contributed by atoms with E-state index in [4.69, 9.17) is 0 Å². The lowest BCUT2D eigenvalue weighted by molar-refractivity contribution is 1.20. The second kappa shape index (κ2) is 4.91. The molecular formula is C21H12N2S2. The molecule has 4 heteroatoms. The SMILES string of the molecule is c1ccc2c(c1)sc1c2c2ccccc2n1-c1ccc2ncsc2c1. The summed E-state index contributed by atoms with van der Waals surface area (Å²) in [4.78, 5) is 5.72. The highest BCUT2D eigenvalue weighted by Crippen LogP contribution is 2.42. The summed E-state index contributed by atoms with van der Waals surface area (Å²) < 4.78 is 4.96. The minimum Gasteiger partial charge on any atom is -0.301 e. The van der Waals surface area contributed by atoms with E-state index < -0.39 is 0 Å². The lowest BCUT2D eigenvalue weighted by Gasteiger charge is -2.06. The Labute approximate surface area is 151 Å². The van der Waals surface area contributed by atoms with E-state index in [9.17, 15) is 0 Å². The predicted octanol–water partition coefficient (Wildman–Crippen LogP) is 6.61. The number of aromatic nitrogens is 2. The first-order valence-electron chi connectivity index (χ1n) is 8.14. The highest BCUT2D eigenvalue weighted by molar-refractivity contribution is 7.25. The number of para-hydroxylation sites is 1. The van der Waals surface area contributed by atoms with Crippen LogP contribution in [0.2, 0.25) is 0 Å². The Morgan fingerprint density at radius 1 is 0.800 bits per heavy atom. The van der Waals surface area contributed by atoms with Crippen LogP contribution in [0.3, 0.4) is 0 Å². The molecule has 25 heavy (non-hydrogen) atoms. The van der Waals surface area contributed by atoms with Gasteiger partial charge in [-0.15, -0.1) is 22.7 Å². The highest BCUT2D eigenvalue weighted by Gasteiger charge is 2.17. The number of fused-ring (bicyclic) bond motifs is 6. The number of benzene rings is 3. The summed E-state index contributed by atoms with van der Waals surface area (Å²) in [5.41, 5.74) is 5.45. The fraction of sp³-hybridized carbons (Fsp3) is 0. The second-order valence-electron chi connectivity index (χ2n) is 6.14. The smallest absolute Gasteiger partial charge is 0.109 e. The van der Waals surface area contributed by atoms with Crippen LogP contribution in [0, 0.1) is 0 Å². The molecule has 3 aromatic carbocycles. The van der Waals surface area contributed by atoms with Crippen molar-refractivity contribution >= 4 is 64.1 Å². The first-order chi connectivity index (χ1) is 12.4. The van der Waals surface area contributed by atoms with Crippen LogP contribution in [0.1, 0.15) is 0 Å². The van der Waals surface area contributed by atoms with E-state index >= 15 is 0 Å². The molecule has 3 aromatic heterocycles. The third-order valence-corrected chi connectivity index (χ3v) is 6.72. The quantitative estimate of drug-likeness (QED) is 0.324. The number of thiazole rings is 1. The average Bonchev–Trinajstić information content (AvgIpc) is 3.33. The van der Waals surface area contributed by atoms with Gasteiger partial charge in [0.15, 0.2) is 0 Å². The summed E-state index contributed by atoms with van der Waals surface area (Å²) >= 11 is 3.56. The van der Waals surface area contributed by atoms with Crippen LogP contribution in [0.5, 0.6) is 0 Å². The van der Waals surface area contributed by atoms with E-state index in [1.54, 1.807) is 11.3 Å². The molecule has 0 saturated heterocycles. The van der Waals surface area contributed by atoms with Gasteiger partial charge in [-0.25, -0.2) is 4.98 Å². The van der Waals surface area contributed by atoms with E-state index in [1.165, 1.54) is 41.6 Å². The highest BCUT2D eigenvalue weighted by atomic mass is 32.1. The molecule has 118 valence electrons. The standard InChI is InChI=1S/C21H12N2S2/c1-3-7-17-14(5-1)20-15-6-2-4-8-18(15)25-21(20)23(17)13-9-10-16-19(11-13)24-12-22-16/h1-12H. The fourth-order valence-corrected chi connectivity index (χ4v) is 5.64. The third-order valence-electron chi connectivity index (χ3n) is 4.77. The van der Waals surface area contributed by atoms with Gasteiger partial charge in [0, 0.05) is 26.5 Å². The van der Waals surface area contributed by atoms with Crippen molar-refractivity contribution < 1.29 is 0 Å². The lowest BCUT2D eigenvalue weighted by Crippen LogP contribution is -1.91. The van der Waals surface area contributed by atoms with Crippen LogP contribution in [-0.2, 0) is 0 Å². The maximum atomic E-state index is 4.41. The molecule has 0 aliphatic carbocycles. The van der Waals surface area contributed by atoms with Crippen molar-refractivity contribution in [1.82, 2.24) is 9.55 Å². The van der Waals surface area contributed by atoms with Gasteiger partial charge in [0.1, 0.15) is 4.83 Å². The molecule has 2 nitrogen and oxygen atoms in total. The van der Waals surface area contributed by atoms with Crippen LogP contribution < -0.4 is 0 Å². The molecule has 0 amide bonds. The Hall–Kier alpha value is -2.69. The molecule has 0 N–H and O–H groups in total. The zero-order valence-electron chi connectivity index (χ0n) is 13.1. The molecule has 6 aromatic rings. The van der Waals surface area contributed by atoms with E-state index in [-0.39, 0.29) is 0 Å². The number of hydrogen-bond donors (Lipinski definition) is 0. The van der Waals surface area contributed by atoms with Crippen molar-refractivity contribution in [3.63, 3.8) is 0 Å². The molecule has 0 spiro atoms. The predicted molar refractivity (Wildman–Crippen MR) is 109 cm³/mol. The Bertz CT molecular complexity index is 1400. The van der Waals surface area contributed by atoms with Crippen LogP contribution in [-0.4, -0.2) is 9.55 Å². The van der Waals surface area contributed by atoms with Gasteiger partial charge in [0.05, 0.1) is 21.2 Å². The topological polar surface area (TPSA) is 17.8 Å². The van der Waals surface area contributed by atoms with E-state index in [0.29, 0.717) is 0 Å². The van der Waals surface area contributed by atoms with Crippen LogP contribution >= 0.6 is 22.7 Å². The van der Waals surface area contributed by atoms with Gasteiger partial charge in [-0.2, -0.15) is 0 Å². The van der Waals surface area contributed by atoms with E-state index in [1.807, 2.05) is 16.8 Å². The molecule has 0 radical (unpaired) electrons. The van der Waals surface area contributed by atoms with Gasteiger partial charge in [-0.1, -0.05) is 36.4 Å². The third kappa shape index (κ3) is 1.81. The molecule has 0 unspecified atom stereocenters. The molecule has 0 saturated carbocycles. The van der Waals surface area contributed by atoms with Crippen molar-refractivity contribution in [2.45, 2.75) is 0 Å². The summed E-state index contributed by atoms with van der Waals surface area (Å²) in [6.07, 6.45) is 0. The number of hydrogen-bond acceptors (Lipinski definition) is 3. The zero-order chi connectivity index (χ0) is 16.4. The molecule has 6 rings (SSSR count). The fourth-order valence-electron chi connectivity index (χ4n) is 3.68. The van der Waals surface area contributed by atoms with Crippen molar-refractivity contribution in [2.24, 2.45) is 0 Å². The maximum absolute atomic E-state index is 4.41. The summed E-state index contributed by atoms with van der Waals surface area (Å²) in [5, 5.41) is 4.02. The normalized spacial score (nSPS) is 12.0. The summed E-state index contributed by atoms with van der Waals surface area (Å²) in [6.45, 7) is 0. The number of nitrogens with zero attached hydrogens (tertiary/aromatic N) is 2. The average molecular weight is 356 g/mol. The Balaban J connectivity index is 1.83. The van der Waals surface area contributed by atoms with Gasteiger partial charge in [0.25, 0.3) is 0 Å². The Morgan fingerprint density at radius 2 is 1.64 bits per heavy atom. The van der Waals surface area contributed by atoms with Gasteiger partial charge in [-0.3, -0.25) is 0 Å². The number of rotatable bonds is 1. The lowest BCUT2D eigenvalue weighted by atomic mass is 10.1. The van der Waals surface area contributed by atoms with Crippen molar-refractivity contribution in [3.05, 3.63) is 72.2 Å². The second-order valence-corrected chi connectivity index (χ2v) is 8.05. The molecule has 0 bridgehead atoms. The largest absolute Gasteiger partial charge is 0.301 e. The van der Waals surface area contributed by atoms with Crippen molar-refractivity contribution in [1.29, 1.82) is 0 Å². The monoisotopic (exact) mass is 356 g/mol. The molecule has 0 aliphatic heterocycles. The summed E-state index contributed by atoms with van der Waals surface area (Å²) in [5.74, 6) is 0. The molecule has 0 atom stereocenters. The van der Waals surface area contributed by atoms with Crippen LogP contribution in [0.4, 0.5) is 0 Å². The number of thiophene rings is 1. The molecule has 0 fully saturated rings. The molecular weight excluding hydrogens is 344 g/mol. The summed E-state index contributed by atoms with van der Waals surface area (Å²) in [7, 11) is 0. The van der Waals surface area contributed by atoms with Gasteiger partial charge >= 0.3 is 0 Å². The van der Waals surface area contributed by atoms with Crippen LogP contribution in [0.25, 0.3) is 47.1 Å². The first-order valence-corrected chi connectivity index (χ1v) is 9.84. The zero-order valence-corrected chi connectivity index (χ0v) is 14.8.